The second-order valence-corrected chi connectivity index (χ2v) is 10.9. The van der Waals surface area contributed by atoms with Crippen molar-refractivity contribution in [2.45, 2.75) is 26.7 Å². The van der Waals surface area contributed by atoms with Crippen molar-refractivity contribution in [3.8, 4) is 11.1 Å². The van der Waals surface area contributed by atoms with Crippen molar-refractivity contribution in [2.75, 3.05) is 62.3 Å². The Kier molecular flexibility index (Phi) is 5.82. The molecule has 1 aromatic heterocycles. The van der Waals surface area contributed by atoms with E-state index in [1.807, 2.05) is 0 Å². The van der Waals surface area contributed by atoms with Crippen LogP contribution in [0.15, 0.2) is 24.3 Å². The van der Waals surface area contributed by atoms with Gasteiger partial charge in [-0.05, 0) is 35.1 Å². The van der Waals surface area contributed by atoms with Crippen LogP contribution in [0.4, 0.5) is 15.5 Å². The molecule has 1 amide bonds. The molecule has 0 bridgehead atoms. The summed E-state index contributed by atoms with van der Waals surface area (Å²) in [6.45, 7) is 9.82. The van der Waals surface area contributed by atoms with Crippen LogP contribution in [0, 0.1) is 5.41 Å². The predicted molar refractivity (Wildman–Crippen MR) is 131 cm³/mol. The van der Waals surface area contributed by atoms with Crippen LogP contribution in [0.5, 0.6) is 0 Å². The molecule has 5 rings (SSSR count). The van der Waals surface area contributed by atoms with Gasteiger partial charge in [0.25, 0.3) is 0 Å². The fourth-order valence-electron chi connectivity index (χ4n) is 5.20. The number of hydrogen-bond acceptors (Lipinski definition) is 6. The lowest BCUT2D eigenvalue weighted by Gasteiger charge is -2.35. The molecule has 0 saturated carbocycles. The highest BCUT2D eigenvalue weighted by atomic mass is 32.1. The zero-order valence-corrected chi connectivity index (χ0v) is 20.1. The highest BCUT2D eigenvalue weighted by molar-refractivity contribution is 7.19. The second kappa shape index (κ2) is 8.65. The van der Waals surface area contributed by atoms with Crippen LogP contribution >= 0.6 is 11.3 Å². The van der Waals surface area contributed by atoms with E-state index in [0.29, 0.717) is 45.8 Å². The van der Waals surface area contributed by atoms with Crippen LogP contribution in [0.1, 0.15) is 35.5 Å². The number of benzene rings is 1. The first-order valence-corrected chi connectivity index (χ1v) is 12.5. The van der Waals surface area contributed by atoms with Gasteiger partial charge in [0.05, 0.1) is 23.1 Å². The largest absolute Gasteiger partial charge is 0.465 e. The average Bonchev–Trinajstić information content (AvgIpc) is 3.18. The van der Waals surface area contributed by atoms with Crippen LogP contribution in [0.25, 0.3) is 11.1 Å². The van der Waals surface area contributed by atoms with E-state index in [0.717, 1.165) is 35.6 Å². The van der Waals surface area contributed by atoms with Gasteiger partial charge >= 0.3 is 6.09 Å². The molecular weight excluding hydrogens is 438 g/mol. The van der Waals surface area contributed by atoms with E-state index >= 15 is 0 Å². The van der Waals surface area contributed by atoms with E-state index < -0.39 is 6.09 Å². The minimum atomic E-state index is -0.851. The van der Waals surface area contributed by atoms with Gasteiger partial charge in [-0.25, -0.2) is 4.79 Å². The topological polar surface area (TPSA) is 73.3 Å². The Morgan fingerprint density at radius 2 is 1.76 bits per heavy atom. The number of amides is 1. The van der Waals surface area contributed by atoms with Crippen LogP contribution in [-0.2, 0) is 11.2 Å². The minimum absolute atomic E-state index is 0.0487. The number of ether oxygens (including phenoxy) is 1. The van der Waals surface area contributed by atoms with Crippen molar-refractivity contribution in [3.05, 3.63) is 34.7 Å². The molecule has 0 unspecified atom stereocenters. The Balaban J connectivity index is 1.54. The highest BCUT2D eigenvalue weighted by Crippen LogP contribution is 2.49. The lowest BCUT2D eigenvalue weighted by Crippen LogP contribution is -2.48. The molecule has 1 aromatic carbocycles. The van der Waals surface area contributed by atoms with Gasteiger partial charge in [-0.3, -0.25) is 4.79 Å². The van der Waals surface area contributed by atoms with E-state index in [9.17, 15) is 14.7 Å². The molecule has 0 spiro atoms. The zero-order valence-electron chi connectivity index (χ0n) is 19.3. The number of fused-ring (bicyclic) bond motifs is 1. The maximum Gasteiger partial charge on any atom is 0.407 e. The quantitative estimate of drug-likeness (QED) is 0.726. The molecule has 0 radical (unpaired) electrons. The molecule has 0 atom stereocenters. The van der Waals surface area contributed by atoms with Gasteiger partial charge in [-0.1, -0.05) is 26.0 Å². The summed E-state index contributed by atoms with van der Waals surface area (Å²) >= 11 is 1.65. The van der Waals surface area contributed by atoms with Gasteiger partial charge in [0.2, 0.25) is 0 Å². The standard InChI is InChI=1S/C25H31N3O4S/c1-25(2)15-19-21(23(27-10-12-32-13-11-27)33-22(19)20(29)16-25)17-4-3-5-18(14-17)26-6-8-28(9-7-26)24(30)31/h3-5,14H,6-13,15-16H2,1-2H3,(H,30,31). The van der Waals surface area contributed by atoms with E-state index in [1.165, 1.54) is 21.0 Å². The van der Waals surface area contributed by atoms with E-state index in [-0.39, 0.29) is 11.2 Å². The fraction of sp³-hybridized carbons (Fsp3) is 0.520. The van der Waals surface area contributed by atoms with Crippen molar-refractivity contribution >= 4 is 33.9 Å². The van der Waals surface area contributed by atoms with E-state index in [4.69, 9.17) is 4.74 Å². The normalized spacial score (nSPS) is 20.7. The SMILES string of the molecule is CC1(C)CC(=O)c2sc(N3CCOCC3)c(-c3cccc(N4CCN(C(=O)O)CC4)c3)c2C1. The lowest BCUT2D eigenvalue weighted by atomic mass is 9.75. The Morgan fingerprint density at radius 1 is 1.03 bits per heavy atom. The Bertz CT molecular complexity index is 1070. The van der Waals surface area contributed by atoms with E-state index in [2.05, 4.69) is 47.9 Å². The summed E-state index contributed by atoms with van der Waals surface area (Å²) < 4.78 is 5.59. The molecule has 1 N–H and O–H groups in total. The molecule has 176 valence electrons. The number of hydrogen-bond donors (Lipinski definition) is 1. The summed E-state index contributed by atoms with van der Waals surface area (Å²) in [6.07, 6.45) is 0.637. The number of ketones is 1. The number of Topliss-reactive ketones (excluding diaryl/α,β-unsaturated/α-hetero) is 1. The zero-order chi connectivity index (χ0) is 23.2. The van der Waals surface area contributed by atoms with Crippen LogP contribution in [0.2, 0.25) is 0 Å². The third kappa shape index (κ3) is 4.34. The number of piperazine rings is 1. The number of thiophene rings is 1. The van der Waals surface area contributed by atoms with Crippen LogP contribution < -0.4 is 9.80 Å². The molecular formula is C25H31N3O4S. The lowest BCUT2D eigenvalue weighted by molar-refractivity contribution is 0.0917. The third-order valence-electron chi connectivity index (χ3n) is 6.88. The van der Waals surface area contributed by atoms with Crippen molar-refractivity contribution in [1.29, 1.82) is 0 Å². The number of carbonyl (C=O) groups excluding carboxylic acids is 1. The summed E-state index contributed by atoms with van der Waals surface area (Å²) in [5, 5.41) is 10.4. The van der Waals surface area contributed by atoms with E-state index in [1.54, 1.807) is 11.3 Å². The number of carbonyl (C=O) groups is 2. The number of carboxylic acid groups (broad SMARTS) is 1. The van der Waals surface area contributed by atoms with Gasteiger partial charge in [0, 0.05) is 56.9 Å². The molecule has 1 aliphatic carbocycles. The van der Waals surface area contributed by atoms with Crippen molar-refractivity contribution in [3.63, 3.8) is 0 Å². The number of morpholine rings is 1. The van der Waals surface area contributed by atoms with Crippen LogP contribution in [-0.4, -0.2) is 74.4 Å². The van der Waals surface area contributed by atoms with Crippen LogP contribution in [0.3, 0.4) is 0 Å². The van der Waals surface area contributed by atoms with Gasteiger partial charge in [-0.2, -0.15) is 0 Å². The summed E-state index contributed by atoms with van der Waals surface area (Å²) in [4.78, 5) is 31.4. The first kappa shape index (κ1) is 22.2. The first-order valence-electron chi connectivity index (χ1n) is 11.7. The Labute approximate surface area is 198 Å². The molecule has 2 saturated heterocycles. The van der Waals surface area contributed by atoms with Crippen molar-refractivity contribution < 1.29 is 19.4 Å². The molecule has 2 aliphatic heterocycles. The van der Waals surface area contributed by atoms with Crippen molar-refractivity contribution in [2.24, 2.45) is 5.41 Å². The molecule has 8 heteroatoms. The number of nitrogens with zero attached hydrogens (tertiary/aromatic N) is 3. The highest BCUT2D eigenvalue weighted by Gasteiger charge is 2.37. The molecule has 33 heavy (non-hydrogen) atoms. The summed E-state index contributed by atoms with van der Waals surface area (Å²) in [6, 6.07) is 8.55. The summed E-state index contributed by atoms with van der Waals surface area (Å²) in [5.74, 6) is 0.257. The van der Waals surface area contributed by atoms with Gasteiger partial charge in [0.1, 0.15) is 0 Å². The average molecular weight is 470 g/mol. The Hall–Kier alpha value is -2.58. The minimum Gasteiger partial charge on any atom is -0.465 e. The molecule has 3 heterocycles. The maximum atomic E-state index is 13.1. The first-order chi connectivity index (χ1) is 15.8. The van der Waals surface area contributed by atoms with Gasteiger partial charge in [0.15, 0.2) is 5.78 Å². The maximum absolute atomic E-state index is 13.1. The van der Waals surface area contributed by atoms with Gasteiger partial charge in [-0.15, -0.1) is 11.3 Å². The predicted octanol–water partition coefficient (Wildman–Crippen LogP) is 4.21. The molecule has 2 fully saturated rings. The number of rotatable bonds is 3. The summed E-state index contributed by atoms with van der Waals surface area (Å²) in [5.41, 5.74) is 4.58. The monoisotopic (exact) mass is 469 g/mol. The third-order valence-corrected chi connectivity index (χ3v) is 8.22. The summed E-state index contributed by atoms with van der Waals surface area (Å²) in [7, 11) is 0. The second-order valence-electron chi connectivity index (χ2n) is 9.94. The fourth-order valence-corrected chi connectivity index (χ4v) is 6.53. The smallest absolute Gasteiger partial charge is 0.407 e. The Morgan fingerprint density at radius 3 is 2.45 bits per heavy atom. The molecule has 3 aliphatic rings. The molecule has 2 aromatic rings. The van der Waals surface area contributed by atoms with Gasteiger partial charge < -0.3 is 24.5 Å². The molecule has 7 nitrogen and oxygen atoms in total. The number of anilines is 2. The van der Waals surface area contributed by atoms with Crippen molar-refractivity contribution in [1.82, 2.24) is 4.90 Å².